The lowest BCUT2D eigenvalue weighted by atomic mass is 10.1. The summed E-state index contributed by atoms with van der Waals surface area (Å²) in [5, 5.41) is 11.6. The van der Waals surface area contributed by atoms with Gasteiger partial charge in [-0.15, -0.1) is 0 Å². The molecule has 0 saturated carbocycles. The van der Waals surface area contributed by atoms with Gasteiger partial charge >= 0.3 is 0 Å². The van der Waals surface area contributed by atoms with E-state index in [1.165, 1.54) is 12.4 Å². The minimum absolute atomic E-state index is 0.135. The molecule has 0 fully saturated rings. The van der Waals surface area contributed by atoms with Crippen molar-refractivity contribution in [3.8, 4) is 22.8 Å². The quantitative estimate of drug-likeness (QED) is 0.412. The topological polar surface area (TPSA) is 94.0 Å². The van der Waals surface area contributed by atoms with Crippen LogP contribution < -0.4 is 15.4 Å². The summed E-state index contributed by atoms with van der Waals surface area (Å²) in [6.45, 7) is 2.72. The second-order valence-electron chi connectivity index (χ2n) is 6.97. The summed E-state index contributed by atoms with van der Waals surface area (Å²) in [6.07, 6.45) is 4.70. The van der Waals surface area contributed by atoms with E-state index >= 15 is 0 Å². The second-order valence-corrected chi connectivity index (χ2v) is 6.97. The number of carbonyl (C=O) groups excluding carboxylic acids is 1. The van der Waals surface area contributed by atoms with Crippen molar-refractivity contribution in [3.63, 3.8) is 0 Å². The first-order valence-electron chi connectivity index (χ1n) is 10.3. The van der Waals surface area contributed by atoms with Gasteiger partial charge in [-0.25, -0.2) is 14.6 Å². The van der Waals surface area contributed by atoms with E-state index in [9.17, 15) is 4.79 Å². The van der Waals surface area contributed by atoms with Gasteiger partial charge in [0.05, 0.1) is 11.9 Å². The molecule has 0 unspecified atom stereocenters. The Hall–Kier alpha value is -4.20. The molecule has 8 heteroatoms. The van der Waals surface area contributed by atoms with Gasteiger partial charge in [0.2, 0.25) is 5.91 Å². The van der Waals surface area contributed by atoms with Gasteiger partial charge in [0.15, 0.2) is 5.65 Å². The van der Waals surface area contributed by atoms with Crippen LogP contribution in [0.5, 0.6) is 11.5 Å². The Labute approximate surface area is 186 Å². The van der Waals surface area contributed by atoms with Crippen molar-refractivity contribution < 1.29 is 9.53 Å². The predicted octanol–water partition coefficient (Wildman–Crippen LogP) is 4.02. The van der Waals surface area contributed by atoms with Crippen LogP contribution in [-0.2, 0) is 11.3 Å². The van der Waals surface area contributed by atoms with Crippen molar-refractivity contribution in [2.75, 3.05) is 18.9 Å². The van der Waals surface area contributed by atoms with Gasteiger partial charge in [-0.2, -0.15) is 5.10 Å². The molecule has 0 spiro atoms. The zero-order chi connectivity index (χ0) is 22.3. The highest BCUT2D eigenvalue weighted by Crippen LogP contribution is 2.32. The number of para-hydroxylation sites is 1. The lowest BCUT2D eigenvalue weighted by Gasteiger charge is -2.06. The van der Waals surface area contributed by atoms with Gasteiger partial charge in [0.1, 0.15) is 29.3 Å². The lowest BCUT2D eigenvalue weighted by molar-refractivity contribution is -0.116. The average molecular weight is 428 g/mol. The molecule has 2 heterocycles. The fourth-order valence-electron chi connectivity index (χ4n) is 3.36. The zero-order valence-electron chi connectivity index (χ0n) is 17.9. The number of benzene rings is 2. The Balaban J connectivity index is 1.63. The van der Waals surface area contributed by atoms with E-state index in [1.807, 2.05) is 61.6 Å². The van der Waals surface area contributed by atoms with Gasteiger partial charge in [-0.05, 0) is 49.4 Å². The van der Waals surface area contributed by atoms with Crippen LogP contribution in [0.3, 0.4) is 0 Å². The van der Waals surface area contributed by atoms with Gasteiger partial charge in [0, 0.05) is 19.2 Å². The standard InChI is InChI=1S/C24H24N6O2/c1-3-7-20(31)26-14-15-30-24-21(23(25-2)27-16-28-24)22(29-30)17-10-12-19(13-11-17)32-18-8-5-4-6-9-18/h3-13,16H,14-15H2,1-2H3,(H,26,31)(H,25,27,28)/b7-3+. The zero-order valence-corrected chi connectivity index (χ0v) is 17.9. The van der Waals surface area contributed by atoms with Crippen LogP contribution in [0.2, 0.25) is 0 Å². The summed E-state index contributed by atoms with van der Waals surface area (Å²) in [6, 6.07) is 17.4. The van der Waals surface area contributed by atoms with Crippen molar-refractivity contribution in [1.29, 1.82) is 0 Å². The number of nitrogens with zero attached hydrogens (tertiary/aromatic N) is 4. The molecule has 2 aromatic carbocycles. The average Bonchev–Trinajstić information content (AvgIpc) is 3.19. The molecule has 162 valence electrons. The number of carbonyl (C=O) groups is 1. The van der Waals surface area contributed by atoms with Crippen LogP contribution in [0.15, 0.2) is 73.1 Å². The monoisotopic (exact) mass is 428 g/mol. The summed E-state index contributed by atoms with van der Waals surface area (Å²) in [4.78, 5) is 20.5. The molecular weight excluding hydrogens is 404 g/mol. The van der Waals surface area contributed by atoms with Crippen LogP contribution in [0, 0.1) is 0 Å². The number of ether oxygens (including phenoxy) is 1. The Bertz CT molecular complexity index is 1230. The summed E-state index contributed by atoms with van der Waals surface area (Å²) < 4.78 is 7.68. The maximum Gasteiger partial charge on any atom is 0.243 e. The predicted molar refractivity (Wildman–Crippen MR) is 125 cm³/mol. The summed E-state index contributed by atoms with van der Waals surface area (Å²) in [7, 11) is 1.82. The molecular formula is C24H24N6O2. The highest BCUT2D eigenvalue weighted by molar-refractivity contribution is 5.99. The third-order valence-corrected chi connectivity index (χ3v) is 4.81. The molecule has 0 bridgehead atoms. The number of amides is 1. The molecule has 0 aliphatic heterocycles. The van der Waals surface area contributed by atoms with Crippen molar-refractivity contribution in [1.82, 2.24) is 25.1 Å². The maximum absolute atomic E-state index is 11.7. The third kappa shape index (κ3) is 4.59. The molecule has 1 amide bonds. The van der Waals surface area contributed by atoms with Crippen molar-refractivity contribution in [3.05, 3.63) is 73.1 Å². The summed E-state index contributed by atoms with van der Waals surface area (Å²) in [5.74, 6) is 2.07. The van der Waals surface area contributed by atoms with Crippen LogP contribution in [0.25, 0.3) is 22.3 Å². The third-order valence-electron chi connectivity index (χ3n) is 4.81. The number of allylic oxidation sites excluding steroid dienone is 1. The number of nitrogens with one attached hydrogen (secondary N) is 2. The summed E-state index contributed by atoms with van der Waals surface area (Å²) in [5.41, 5.74) is 2.37. The highest BCUT2D eigenvalue weighted by atomic mass is 16.5. The minimum atomic E-state index is -0.135. The number of fused-ring (bicyclic) bond motifs is 1. The number of aromatic nitrogens is 4. The van der Waals surface area contributed by atoms with Gasteiger partial charge in [-0.1, -0.05) is 24.3 Å². The molecule has 0 radical (unpaired) electrons. The first-order valence-corrected chi connectivity index (χ1v) is 10.3. The molecule has 32 heavy (non-hydrogen) atoms. The smallest absolute Gasteiger partial charge is 0.243 e. The molecule has 0 atom stereocenters. The van der Waals surface area contributed by atoms with E-state index in [2.05, 4.69) is 20.6 Å². The van der Waals surface area contributed by atoms with E-state index < -0.39 is 0 Å². The molecule has 0 aliphatic carbocycles. The molecule has 2 aromatic heterocycles. The van der Waals surface area contributed by atoms with Crippen molar-refractivity contribution in [2.24, 2.45) is 0 Å². The number of hydrogen-bond donors (Lipinski definition) is 2. The van der Waals surface area contributed by atoms with Gasteiger partial charge in [-0.3, -0.25) is 4.79 Å². The highest BCUT2D eigenvalue weighted by Gasteiger charge is 2.18. The van der Waals surface area contributed by atoms with Gasteiger partial charge < -0.3 is 15.4 Å². The molecule has 2 N–H and O–H groups in total. The Morgan fingerprint density at radius 3 is 2.53 bits per heavy atom. The van der Waals surface area contributed by atoms with Crippen LogP contribution in [0.1, 0.15) is 6.92 Å². The molecule has 8 nitrogen and oxygen atoms in total. The summed E-state index contributed by atoms with van der Waals surface area (Å²) >= 11 is 0. The van der Waals surface area contributed by atoms with E-state index in [4.69, 9.17) is 9.84 Å². The van der Waals surface area contributed by atoms with Gasteiger partial charge in [0.25, 0.3) is 0 Å². The fourth-order valence-corrected chi connectivity index (χ4v) is 3.36. The first kappa shape index (κ1) is 21.0. The normalized spacial score (nSPS) is 11.1. The second kappa shape index (κ2) is 9.74. The fraction of sp³-hybridized carbons (Fsp3) is 0.167. The molecule has 0 saturated heterocycles. The van der Waals surface area contributed by atoms with Crippen molar-refractivity contribution in [2.45, 2.75) is 13.5 Å². The Morgan fingerprint density at radius 2 is 1.81 bits per heavy atom. The molecule has 4 aromatic rings. The largest absolute Gasteiger partial charge is 0.457 e. The maximum atomic E-state index is 11.7. The van der Waals surface area contributed by atoms with E-state index in [0.717, 1.165) is 28.1 Å². The van der Waals surface area contributed by atoms with Crippen molar-refractivity contribution >= 4 is 22.8 Å². The van der Waals surface area contributed by atoms with Crippen LogP contribution >= 0.6 is 0 Å². The number of rotatable bonds is 8. The Kier molecular flexibility index (Phi) is 6.41. The van der Waals surface area contributed by atoms with E-state index in [0.29, 0.717) is 24.6 Å². The molecule has 0 aliphatic rings. The number of anilines is 1. The van der Waals surface area contributed by atoms with E-state index in [-0.39, 0.29) is 5.91 Å². The minimum Gasteiger partial charge on any atom is -0.457 e. The molecule has 4 rings (SSSR count). The van der Waals surface area contributed by atoms with E-state index in [1.54, 1.807) is 17.7 Å². The Morgan fingerprint density at radius 1 is 1.06 bits per heavy atom. The number of hydrogen-bond acceptors (Lipinski definition) is 6. The SMILES string of the molecule is C/C=C/C(=O)NCCn1nc(-c2ccc(Oc3ccccc3)cc2)c2c(NC)ncnc21. The van der Waals surface area contributed by atoms with Crippen LogP contribution in [-0.4, -0.2) is 39.2 Å². The lowest BCUT2D eigenvalue weighted by Crippen LogP contribution is -2.25. The van der Waals surface area contributed by atoms with Crippen LogP contribution in [0.4, 0.5) is 5.82 Å². The first-order chi connectivity index (χ1) is 15.7.